The molecule has 0 saturated carbocycles. The number of carbonyl (C=O) groups excluding carboxylic acids is 1. The molecule has 0 radical (unpaired) electrons. The van der Waals surface area contributed by atoms with Crippen molar-refractivity contribution in [1.29, 1.82) is 5.26 Å². The molecular weight excluding hydrogens is 299 g/mol. The van der Waals surface area contributed by atoms with E-state index in [1.807, 2.05) is 0 Å². The topological polar surface area (TPSA) is 62.1 Å². The second-order valence-electron chi connectivity index (χ2n) is 3.95. The molecule has 106 valence electrons. The molecule has 1 N–H and O–H groups in total. The molecule has 0 saturated heterocycles. The highest BCUT2D eigenvalue weighted by Gasteiger charge is 2.14. The van der Waals surface area contributed by atoms with E-state index in [2.05, 4.69) is 11.4 Å². The van der Waals surface area contributed by atoms with Crippen molar-refractivity contribution in [3.63, 3.8) is 0 Å². The Balaban J connectivity index is 2.87. The van der Waals surface area contributed by atoms with Gasteiger partial charge in [0, 0.05) is 27.4 Å². The van der Waals surface area contributed by atoms with E-state index in [0.29, 0.717) is 27.9 Å². The van der Waals surface area contributed by atoms with Crippen molar-refractivity contribution in [3.8, 4) is 6.07 Å². The SMILES string of the molecule is CCOC(=O)C=C(C)NC(C#N)c1ccc(Cl)cc1Cl. The molecule has 6 heteroatoms. The summed E-state index contributed by atoms with van der Waals surface area (Å²) in [5.74, 6) is -0.462. The summed E-state index contributed by atoms with van der Waals surface area (Å²) in [5, 5.41) is 13.0. The zero-order valence-corrected chi connectivity index (χ0v) is 12.6. The molecule has 0 aliphatic rings. The average molecular weight is 313 g/mol. The summed E-state index contributed by atoms with van der Waals surface area (Å²) >= 11 is 11.9. The van der Waals surface area contributed by atoms with Crippen molar-refractivity contribution in [2.45, 2.75) is 19.9 Å². The molecule has 0 fully saturated rings. The van der Waals surface area contributed by atoms with E-state index in [1.54, 1.807) is 32.0 Å². The fraction of sp³-hybridized carbons (Fsp3) is 0.286. The standard InChI is InChI=1S/C14H14Cl2N2O2/c1-3-20-14(19)6-9(2)18-13(8-17)11-5-4-10(15)7-12(11)16/h4-7,13,18H,3H2,1-2H3. The van der Waals surface area contributed by atoms with Crippen LogP contribution in [0.1, 0.15) is 25.5 Å². The third-order valence-corrected chi connectivity index (χ3v) is 2.96. The second-order valence-corrected chi connectivity index (χ2v) is 4.80. The van der Waals surface area contributed by atoms with Crippen LogP contribution < -0.4 is 5.32 Å². The number of nitriles is 1. The smallest absolute Gasteiger partial charge is 0.332 e. The van der Waals surface area contributed by atoms with Gasteiger partial charge in [0.2, 0.25) is 0 Å². The number of hydrogen-bond acceptors (Lipinski definition) is 4. The minimum Gasteiger partial charge on any atom is -0.463 e. The Morgan fingerprint density at radius 3 is 2.80 bits per heavy atom. The first kappa shape index (κ1) is 16.4. The number of nitrogens with one attached hydrogen (secondary N) is 1. The number of halogens is 2. The molecule has 0 aliphatic heterocycles. The zero-order valence-electron chi connectivity index (χ0n) is 11.1. The molecule has 1 unspecified atom stereocenters. The molecule has 1 aromatic carbocycles. The van der Waals surface area contributed by atoms with Crippen LogP contribution in [0, 0.1) is 11.3 Å². The van der Waals surface area contributed by atoms with Gasteiger partial charge in [-0.2, -0.15) is 5.26 Å². The number of esters is 1. The van der Waals surface area contributed by atoms with Gasteiger partial charge >= 0.3 is 5.97 Å². The van der Waals surface area contributed by atoms with Crippen LogP contribution in [0.25, 0.3) is 0 Å². The van der Waals surface area contributed by atoms with E-state index in [0.717, 1.165) is 0 Å². The Kier molecular flexibility index (Phi) is 6.37. The molecule has 1 rings (SSSR count). The molecular formula is C14H14Cl2N2O2. The van der Waals surface area contributed by atoms with Crippen LogP contribution in [0.2, 0.25) is 10.0 Å². The Labute approximate surface area is 127 Å². The molecule has 1 atom stereocenters. The Hall–Kier alpha value is -1.70. The van der Waals surface area contributed by atoms with Crippen LogP contribution in [-0.4, -0.2) is 12.6 Å². The first-order valence-corrected chi connectivity index (χ1v) is 6.69. The monoisotopic (exact) mass is 312 g/mol. The lowest BCUT2D eigenvalue weighted by molar-refractivity contribution is -0.137. The first-order valence-electron chi connectivity index (χ1n) is 5.94. The molecule has 1 aromatic rings. The van der Waals surface area contributed by atoms with E-state index in [4.69, 9.17) is 27.9 Å². The maximum absolute atomic E-state index is 11.3. The number of ether oxygens (including phenoxy) is 1. The largest absolute Gasteiger partial charge is 0.463 e. The third kappa shape index (κ3) is 4.76. The van der Waals surface area contributed by atoms with E-state index < -0.39 is 12.0 Å². The van der Waals surface area contributed by atoms with Crippen molar-refractivity contribution in [1.82, 2.24) is 5.32 Å². The number of carbonyl (C=O) groups is 1. The van der Waals surface area contributed by atoms with Gasteiger partial charge in [0.1, 0.15) is 6.04 Å². The van der Waals surface area contributed by atoms with Gasteiger partial charge in [-0.15, -0.1) is 0 Å². The normalized spacial score (nSPS) is 12.4. The van der Waals surface area contributed by atoms with Crippen LogP contribution in [0.3, 0.4) is 0 Å². The van der Waals surface area contributed by atoms with Crippen LogP contribution in [0.15, 0.2) is 30.0 Å². The Morgan fingerprint density at radius 2 is 2.25 bits per heavy atom. The van der Waals surface area contributed by atoms with Gasteiger partial charge in [-0.1, -0.05) is 29.3 Å². The summed E-state index contributed by atoms with van der Waals surface area (Å²) in [5.41, 5.74) is 1.11. The van der Waals surface area contributed by atoms with Crippen molar-refractivity contribution >= 4 is 29.2 Å². The quantitative estimate of drug-likeness (QED) is 0.666. The molecule has 0 heterocycles. The summed E-state index contributed by atoms with van der Waals surface area (Å²) in [4.78, 5) is 11.3. The lowest BCUT2D eigenvalue weighted by atomic mass is 10.1. The van der Waals surface area contributed by atoms with Gasteiger partial charge in [0.05, 0.1) is 12.7 Å². The van der Waals surface area contributed by atoms with Crippen molar-refractivity contribution in [2.24, 2.45) is 0 Å². The van der Waals surface area contributed by atoms with Gasteiger partial charge in [-0.05, 0) is 26.0 Å². The fourth-order valence-corrected chi connectivity index (χ4v) is 2.06. The van der Waals surface area contributed by atoms with Crippen molar-refractivity contribution in [2.75, 3.05) is 6.61 Å². The lowest BCUT2D eigenvalue weighted by Crippen LogP contribution is -2.19. The molecule has 0 aromatic heterocycles. The van der Waals surface area contributed by atoms with Crippen LogP contribution in [0.4, 0.5) is 0 Å². The summed E-state index contributed by atoms with van der Waals surface area (Å²) in [6.07, 6.45) is 1.29. The van der Waals surface area contributed by atoms with Gasteiger partial charge in [-0.3, -0.25) is 0 Å². The molecule has 0 aliphatic carbocycles. The highest BCUT2D eigenvalue weighted by Crippen LogP contribution is 2.26. The maximum Gasteiger partial charge on any atom is 0.332 e. The van der Waals surface area contributed by atoms with Crippen molar-refractivity contribution in [3.05, 3.63) is 45.6 Å². The summed E-state index contributed by atoms with van der Waals surface area (Å²) < 4.78 is 4.79. The predicted molar refractivity (Wildman–Crippen MR) is 78.3 cm³/mol. The van der Waals surface area contributed by atoms with E-state index >= 15 is 0 Å². The van der Waals surface area contributed by atoms with E-state index in [1.165, 1.54) is 6.08 Å². The molecule has 0 bridgehead atoms. The zero-order chi connectivity index (χ0) is 15.1. The van der Waals surface area contributed by atoms with Gasteiger partial charge in [0.25, 0.3) is 0 Å². The average Bonchev–Trinajstić information content (AvgIpc) is 2.36. The number of benzene rings is 1. The molecule has 4 nitrogen and oxygen atoms in total. The summed E-state index contributed by atoms with van der Waals surface area (Å²) in [6.45, 7) is 3.69. The van der Waals surface area contributed by atoms with Gasteiger partial charge in [-0.25, -0.2) is 4.79 Å². The first-order chi connectivity index (χ1) is 9.47. The fourth-order valence-electron chi connectivity index (χ4n) is 1.55. The molecule has 20 heavy (non-hydrogen) atoms. The molecule has 0 spiro atoms. The third-order valence-electron chi connectivity index (χ3n) is 2.40. The minimum absolute atomic E-state index is 0.299. The van der Waals surface area contributed by atoms with Crippen LogP contribution in [0.5, 0.6) is 0 Å². The predicted octanol–water partition coefficient (Wildman–Crippen LogP) is 3.61. The minimum atomic E-state index is -0.676. The Morgan fingerprint density at radius 1 is 1.55 bits per heavy atom. The Bertz CT molecular complexity index is 565. The summed E-state index contributed by atoms with van der Waals surface area (Å²) in [6, 6.07) is 6.29. The maximum atomic E-state index is 11.3. The number of allylic oxidation sites excluding steroid dienone is 1. The highest BCUT2D eigenvalue weighted by molar-refractivity contribution is 6.35. The van der Waals surface area contributed by atoms with Crippen LogP contribution in [-0.2, 0) is 9.53 Å². The number of hydrogen-bond donors (Lipinski definition) is 1. The van der Waals surface area contributed by atoms with E-state index in [-0.39, 0.29) is 0 Å². The van der Waals surface area contributed by atoms with Gasteiger partial charge < -0.3 is 10.1 Å². The van der Waals surface area contributed by atoms with Crippen molar-refractivity contribution < 1.29 is 9.53 Å². The molecule has 0 amide bonds. The van der Waals surface area contributed by atoms with Crippen LogP contribution >= 0.6 is 23.2 Å². The summed E-state index contributed by atoms with van der Waals surface area (Å²) in [7, 11) is 0. The van der Waals surface area contributed by atoms with Gasteiger partial charge in [0.15, 0.2) is 0 Å². The second kappa shape index (κ2) is 7.78. The number of nitrogens with zero attached hydrogens (tertiary/aromatic N) is 1. The van der Waals surface area contributed by atoms with E-state index in [9.17, 15) is 10.1 Å². The number of rotatable bonds is 5. The highest BCUT2D eigenvalue weighted by atomic mass is 35.5. The lowest BCUT2D eigenvalue weighted by Gasteiger charge is -2.15.